The Balaban J connectivity index is 2.20. The lowest BCUT2D eigenvalue weighted by molar-refractivity contribution is -0.120. The van der Waals surface area contributed by atoms with Gasteiger partial charge in [0.25, 0.3) is 0 Å². The van der Waals surface area contributed by atoms with E-state index in [2.05, 4.69) is 0 Å². The minimum Gasteiger partial charge on any atom is -0.309 e. The number of hydrogen-bond acceptors (Lipinski definition) is 2. The number of rotatable bonds is 3. The van der Waals surface area contributed by atoms with Gasteiger partial charge in [0.05, 0.1) is 0 Å². The lowest BCUT2D eigenvalue weighted by atomic mass is 9.83. The Morgan fingerprint density at radius 1 is 1.37 bits per heavy atom. The number of ketones is 1. The second-order valence-corrected chi connectivity index (χ2v) is 5.41. The fraction of sp³-hybridized carbons (Fsp3) is 0.438. The van der Waals surface area contributed by atoms with Crippen LogP contribution >= 0.6 is 0 Å². The molecule has 1 fully saturated rings. The predicted octanol–water partition coefficient (Wildman–Crippen LogP) is 3.14. The van der Waals surface area contributed by atoms with E-state index in [1.807, 2.05) is 19.0 Å². The Hall–Kier alpha value is -1.48. The molecule has 0 bridgehead atoms. The van der Waals surface area contributed by atoms with Gasteiger partial charge in [-0.1, -0.05) is 18.2 Å². The van der Waals surface area contributed by atoms with Gasteiger partial charge in [-0.25, -0.2) is 4.39 Å². The molecule has 0 N–H and O–H groups in total. The van der Waals surface area contributed by atoms with E-state index < -0.39 is 0 Å². The maximum absolute atomic E-state index is 13.6. The van der Waals surface area contributed by atoms with Crippen LogP contribution in [-0.4, -0.2) is 31.3 Å². The van der Waals surface area contributed by atoms with Crippen LogP contribution in [0.2, 0.25) is 0 Å². The molecule has 1 aromatic carbocycles. The maximum Gasteiger partial charge on any atom is 0.163 e. The molecule has 0 amide bonds. The maximum atomic E-state index is 13.6. The summed E-state index contributed by atoms with van der Waals surface area (Å²) in [6, 6.07) is 6.59. The highest BCUT2D eigenvalue weighted by atomic mass is 19.1. The van der Waals surface area contributed by atoms with E-state index in [1.165, 1.54) is 6.07 Å². The molecule has 1 aromatic rings. The van der Waals surface area contributed by atoms with E-state index in [-0.39, 0.29) is 17.5 Å². The first kappa shape index (κ1) is 13.9. The predicted molar refractivity (Wildman–Crippen MR) is 75.3 cm³/mol. The first-order valence-electron chi connectivity index (χ1n) is 6.72. The number of Topliss-reactive ketones (excluding diaryl/α,β-unsaturated/α-hetero) is 1. The molecule has 102 valence electrons. The normalized spacial score (nSPS) is 22.2. The van der Waals surface area contributed by atoms with Crippen LogP contribution < -0.4 is 0 Å². The van der Waals surface area contributed by atoms with Crippen LogP contribution in [0.3, 0.4) is 0 Å². The molecule has 1 aliphatic rings. The first-order valence-corrected chi connectivity index (χ1v) is 6.72. The topological polar surface area (TPSA) is 20.3 Å². The molecule has 2 rings (SSSR count). The Bertz CT molecular complexity index is 493. The molecule has 0 spiro atoms. The van der Waals surface area contributed by atoms with Gasteiger partial charge < -0.3 is 4.90 Å². The fourth-order valence-corrected chi connectivity index (χ4v) is 2.59. The van der Waals surface area contributed by atoms with Gasteiger partial charge in [-0.3, -0.25) is 4.79 Å². The van der Waals surface area contributed by atoms with Crippen molar-refractivity contribution in [1.82, 2.24) is 4.90 Å². The van der Waals surface area contributed by atoms with Crippen LogP contribution in [0.4, 0.5) is 4.39 Å². The lowest BCUT2D eigenvalue weighted by Gasteiger charge is -2.25. The average Bonchev–Trinajstić information content (AvgIpc) is 2.36. The van der Waals surface area contributed by atoms with Crippen LogP contribution in [0, 0.1) is 11.7 Å². The summed E-state index contributed by atoms with van der Waals surface area (Å²) in [5, 5.41) is 0. The van der Waals surface area contributed by atoms with E-state index in [0.717, 1.165) is 31.4 Å². The minimum absolute atomic E-state index is 0.0572. The summed E-state index contributed by atoms with van der Waals surface area (Å²) in [7, 11) is 3.95. The van der Waals surface area contributed by atoms with E-state index in [1.54, 1.807) is 24.3 Å². The van der Waals surface area contributed by atoms with Crippen molar-refractivity contribution >= 4 is 11.9 Å². The van der Waals surface area contributed by atoms with Crippen molar-refractivity contribution in [3.8, 4) is 0 Å². The number of hydrogen-bond donors (Lipinski definition) is 0. The number of allylic oxidation sites excluding steroid dienone is 1. The summed E-state index contributed by atoms with van der Waals surface area (Å²) in [6.07, 6.45) is 4.42. The van der Waals surface area contributed by atoms with Gasteiger partial charge in [0.15, 0.2) is 5.78 Å². The Morgan fingerprint density at radius 2 is 2.11 bits per heavy atom. The van der Waals surface area contributed by atoms with E-state index in [9.17, 15) is 9.18 Å². The molecule has 1 unspecified atom stereocenters. The molecule has 0 radical (unpaired) electrons. The van der Waals surface area contributed by atoms with Gasteiger partial charge in [0.2, 0.25) is 0 Å². The smallest absolute Gasteiger partial charge is 0.163 e. The third-order valence-corrected chi connectivity index (χ3v) is 3.51. The largest absolute Gasteiger partial charge is 0.309 e. The third kappa shape index (κ3) is 3.51. The zero-order chi connectivity index (χ0) is 13.8. The number of carbonyl (C=O) groups is 1. The Labute approximate surface area is 113 Å². The number of benzene rings is 1. The number of nitrogens with zero attached hydrogens (tertiary/aromatic N) is 1. The quantitative estimate of drug-likeness (QED) is 0.779. The van der Waals surface area contributed by atoms with Gasteiger partial charge in [-0.2, -0.15) is 0 Å². The van der Waals surface area contributed by atoms with Crippen molar-refractivity contribution in [3.63, 3.8) is 0 Å². The van der Waals surface area contributed by atoms with Crippen molar-refractivity contribution in [2.75, 3.05) is 20.6 Å². The summed E-state index contributed by atoms with van der Waals surface area (Å²) in [5.41, 5.74) is 1.28. The Morgan fingerprint density at radius 3 is 2.79 bits per heavy atom. The molecule has 0 aliphatic heterocycles. The highest BCUT2D eigenvalue weighted by Gasteiger charge is 2.26. The summed E-state index contributed by atoms with van der Waals surface area (Å²) in [5.74, 6) is -0.0255. The van der Waals surface area contributed by atoms with Crippen molar-refractivity contribution in [1.29, 1.82) is 0 Å². The van der Waals surface area contributed by atoms with E-state index in [0.29, 0.717) is 5.56 Å². The van der Waals surface area contributed by atoms with Gasteiger partial charge in [-0.05, 0) is 51.1 Å². The van der Waals surface area contributed by atoms with Crippen LogP contribution in [0.25, 0.3) is 6.08 Å². The second-order valence-electron chi connectivity index (χ2n) is 5.41. The summed E-state index contributed by atoms with van der Waals surface area (Å²) >= 11 is 0. The van der Waals surface area contributed by atoms with Gasteiger partial charge in [0, 0.05) is 18.0 Å². The molecule has 0 heterocycles. The van der Waals surface area contributed by atoms with E-state index >= 15 is 0 Å². The zero-order valence-electron chi connectivity index (χ0n) is 11.5. The monoisotopic (exact) mass is 261 g/mol. The summed E-state index contributed by atoms with van der Waals surface area (Å²) in [4.78, 5) is 14.4. The molecule has 0 aromatic heterocycles. The molecule has 2 nitrogen and oxygen atoms in total. The molecule has 3 heteroatoms. The van der Waals surface area contributed by atoms with Crippen LogP contribution in [0.1, 0.15) is 24.8 Å². The standard InChI is InChI=1S/C16H20FNO/c1-18(2)11-14-8-5-7-13(16(14)19)10-12-6-3-4-9-15(12)17/h3-4,6,9-10,14H,5,7-8,11H2,1-2H3/b13-10+. The average molecular weight is 261 g/mol. The third-order valence-electron chi connectivity index (χ3n) is 3.51. The molecular formula is C16H20FNO. The molecule has 1 atom stereocenters. The molecule has 1 aliphatic carbocycles. The molecule has 19 heavy (non-hydrogen) atoms. The highest BCUT2D eigenvalue weighted by molar-refractivity contribution is 6.01. The van der Waals surface area contributed by atoms with Crippen molar-refractivity contribution in [3.05, 3.63) is 41.2 Å². The first-order chi connectivity index (χ1) is 9.08. The van der Waals surface area contributed by atoms with Crippen molar-refractivity contribution < 1.29 is 9.18 Å². The Kier molecular flexibility index (Phi) is 4.48. The molecule has 1 saturated carbocycles. The minimum atomic E-state index is -0.266. The van der Waals surface area contributed by atoms with Crippen molar-refractivity contribution in [2.24, 2.45) is 5.92 Å². The fourth-order valence-electron chi connectivity index (χ4n) is 2.59. The lowest BCUT2D eigenvalue weighted by Crippen LogP contribution is -2.31. The van der Waals surface area contributed by atoms with Crippen LogP contribution in [0.5, 0.6) is 0 Å². The van der Waals surface area contributed by atoms with Crippen LogP contribution in [-0.2, 0) is 4.79 Å². The van der Waals surface area contributed by atoms with E-state index in [4.69, 9.17) is 0 Å². The number of carbonyl (C=O) groups excluding carboxylic acids is 1. The zero-order valence-corrected chi connectivity index (χ0v) is 11.5. The van der Waals surface area contributed by atoms with Gasteiger partial charge in [-0.15, -0.1) is 0 Å². The highest BCUT2D eigenvalue weighted by Crippen LogP contribution is 2.27. The summed E-state index contributed by atoms with van der Waals surface area (Å²) in [6.45, 7) is 0.771. The molecule has 0 saturated heterocycles. The van der Waals surface area contributed by atoms with Crippen LogP contribution in [0.15, 0.2) is 29.8 Å². The SMILES string of the molecule is CN(C)CC1CCC/C(=C\c2ccccc2F)C1=O. The summed E-state index contributed by atoms with van der Waals surface area (Å²) < 4.78 is 13.6. The molecular weight excluding hydrogens is 241 g/mol. The number of halogens is 1. The van der Waals surface area contributed by atoms with Crippen molar-refractivity contribution in [2.45, 2.75) is 19.3 Å². The van der Waals surface area contributed by atoms with Gasteiger partial charge >= 0.3 is 0 Å². The van der Waals surface area contributed by atoms with Gasteiger partial charge in [0.1, 0.15) is 5.82 Å². The second kappa shape index (κ2) is 6.11.